The third kappa shape index (κ3) is 3.44. The Labute approximate surface area is 130 Å². The molecule has 2 atom stereocenters. The van der Waals surface area contributed by atoms with Crippen LogP contribution in [0.4, 0.5) is 4.79 Å². The highest BCUT2D eigenvalue weighted by Gasteiger charge is 2.31. The highest BCUT2D eigenvalue weighted by atomic mass is 16.5. The van der Waals surface area contributed by atoms with Crippen LogP contribution in [-0.4, -0.2) is 25.2 Å². The van der Waals surface area contributed by atoms with Gasteiger partial charge in [-0.1, -0.05) is 60.7 Å². The fourth-order valence-electron chi connectivity index (χ4n) is 2.41. The molecule has 2 aromatic carbocycles. The average Bonchev–Trinajstić information content (AvgIpc) is 2.56. The van der Waals surface area contributed by atoms with E-state index in [0.717, 1.165) is 11.1 Å². The zero-order valence-corrected chi connectivity index (χ0v) is 12.7. The van der Waals surface area contributed by atoms with E-state index in [1.165, 1.54) is 19.1 Å². The molecule has 0 fully saturated rings. The van der Waals surface area contributed by atoms with Gasteiger partial charge in [-0.3, -0.25) is 4.90 Å². The standard InChI is InChI=1S/C17H20N2O3/c1-21-15(13-9-5-3-6-10-13)19(17(18)20)16(22-2)14-11-7-4-8-12-14/h3-12,15-16H,1-2H3,(H2,18,20). The zero-order chi connectivity index (χ0) is 15.9. The highest BCUT2D eigenvalue weighted by Crippen LogP contribution is 2.31. The van der Waals surface area contributed by atoms with E-state index in [1.807, 2.05) is 60.7 Å². The van der Waals surface area contributed by atoms with Crippen LogP contribution in [0.25, 0.3) is 0 Å². The predicted molar refractivity (Wildman–Crippen MR) is 83.8 cm³/mol. The van der Waals surface area contributed by atoms with Crippen LogP contribution in [0.2, 0.25) is 0 Å². The summed E-state index contributed by atoms with van der Waals surface area (Å²) in [5.41, 5.74) is 7.23. The molecule has 0 radical (unpaired) electrons. The van der Waals surface area contributed by atoms with Gasteiger partial charge in [-0.2, -0.15) is 0 Å². The number of carbonyl (C=O) groups excluding carboxylic acids is 1. The lowest BCUT2D eigenvalue weighted by Gasteiger charge is -2.35. The molecule has 2 rings (SSSR count). The molecule has 0 aliphatic carbocycles. The van der Waals surface area contributed by atoms with Crippen molar-refractivity contribution in [3.05, 3.63) is 71.8 Å². The Bertz CT molecular complexity index is 542. The molecule has 0 saturated carbocycles. The van der Waals surface area contributed by atoms with E-state index >= 15 is 0 Å². The van der Waals surface area contributed by atoms with Crippen molar-refractivity contribution in [3.63, 3.8) is 0 Å². The molecule has 0 saturated heterocycles. The predicted octanol–water partition coefficient (Wildman–Crippen LogP) is 3.06. The van der Waals surface area contributed by atoms with Crippen LogP contribution in [0.3, 0.4) is 0 Å². The Morgan fingerprint density at radius 1 is 0.864 bits per heavy atom. The normalized spacial score (nSPS) is 13.4. The summed E-state index contributed by atoms with van der Waals surface area (Å²) in [5.74, 6) is 0. The monoisotopic (exact) mass is 300 g/mol. The van der Waals surface area contributed by atoms with Crippen molar-refractivity contribution in [2.45, 2.75) is 12.5 Å². The van der Waals surface area contributed by atoms with E-state index in [0.29, 0.717) is 0 Å². The zero-order valence-electron chi connectivity index (χ0n) is 12.7. The summed E-state index contributed by atoms with van der Waals surface area (Å²) < 4.78 is 11.0. The lowest BCUT2D eigenvalue weighted by atomic mass is 10.1. The first kappa shape index (κ1) is 16.0. The second-order valence-corrected chi connectivity index (χ2v) is 4.74. The van der Waals surface area contributed by atoms with Gasteiger partial charge in [-0.15, -0.1) is 0 Å². The highest BCUT2D eigenvalue weighted by molar-refractivity contribution is 5.73. The molecular weight excluding hydrogens is 280 g/mol. The number of urea groups is 1. The summed E-state index contributed by atoms with van der Waals surface area (Å²) in [4.78, 5) is 13.4. The average molecular weight is 300 g/mol. The molecule has 2 unspecified atom stereocenters. The number of methoxy groups -OCH3 is 2. The number of ether oxygens (including phenoxy) is 2. The minimum absolute atomic E-state index is 0.619. The number of hydrogen-bond acceptors (Lipinski definition) is 3. The minimum Gasteiger partial charge on any atom is -0.357 e. The van der Waals surface area contributed by atoms with Gasteiger partial charge in [0.1, 0.15) is 0 Å². The van der Waals surface area contributed by atoms with Gasteiger partial charge >= 0.3 is 6.03 Å². The van der Waals surface area contributed by atoms with Crippen molar-refractivity contribution >= 4 is 6.03 Å². The van der Waals surface area contributed by atoms with Gasteiger partial charge in [0, 0.05) is 25.3 Å². The number of hydrogen-bond donors (Lipinski definition) is 1. The first-order chi connectivity index (χ1) is 10.7. The molecule has 2 N–H and O–H groups in total. The van der Waals surface area contributed by atoms with E-state index < -0.39 is 18.5 Å². The minimum atomic E-state index is -0.635. The molecule has 0 aliphatic rings. The van der Waals surface area contributed by atoms with Gasteiger partial charge in [0.2, 0.25) is 0 Å². The maximum Gasteiger partial charge on any atom is 0.319 e. The van der Waals surface area contributed by atoms with E-state index in [4.69, 9.17) is 15.2 Å². The van der Waals surface area contributed by atoms with Crippen molar-refractivity contribution in [3.8, 4) is 0 Å². The quantitative estimate of drug-likeness (QED) is 0.834. The van der Waals surface area contributed by atoms with Crippen molar-refractivity contribution in [2.75, 3.05) is 14.2 Å². The third-order valence-corrected chi connectivity index (χ3v) is 3.38. The Morgan fingerprint density at radius 2 is 1.23 bits per heavy atom. The van der Waals surface area contributed by atoms with Crippen LogP contribution in [-0.2, 0) is 9.47 Å². The molecule has 5 heteroatoms. The van der Waals surface area contributed by atoms with Crippen LogP contribution in [0.5, 0.6) is 0 Å². The number of nitrogens with two attached hydrogens (primary N) is 1. The molecule has 22 heavy (non-hydrogen) atoms. The van der Waals surface area contributed by atoms with Gasteiger partial charge in [0.25, 0.3) is 0 Å². The van der Waals surface area contributed by atoms with Gasteiger partial charge in [0.05, 0.1) is 0 Å². The summed E-state index contributed by atoms with van der Waals surface area (Å²) in [7, 11) is 3.07. The first-order valence-electron chi connectivity index (χ1n) is 6.92. The molecule has 0 spiro atoms. The fraction of sp³-hybridized carbons (Fsp3) is 0.235. The largest absolute Gasteiger partial charge is 0.357 e. The topological polar surface area (TPSA) is 64.8 Å². The SMILES string of the molecule is COC(c1ccccc1)N(C(N)=O)C(OC)c1ccccc1. The molecule has 5 nitrogen and oxygen atoms in total. The molecule has 0 heterocycles. The summed E-state index contributed by atoms with van der Waals surface area (Å²) in [6.45, 7) is 0. The van der Waals surface area contributed by atoms with Crippen molar-refractivity contribution in [1.29, 1.82) is 0 Å². The van der Waals surface area contributed by atoms with Crippen molar-refractivity contribution < 1.29 is 14.3 Å². The maximum atomic E-state index is 12.0. The molecule has 2 aromatic rings. The molecule has 0 bridgehead atoms. The van der Waals surface area contributed by atoms with Crippen LogP contribution < -0.4 is 5.73 Å². The van der Waals surface area contributed by atoms with Gasteiger partial charge in [0.15, 0.2) is 12.5 Å². The Kier molecular flexibility index (Phi) is 5.52. The van der Waals surface area contributed by atoms with Gasteiger partial charge < -0.3 is 15.2 Å². The Morgan fingerprint density at radius 3 is 1.50 bits per heavy atom. The fourth-order valence-corrected chi connectivity index (χ4v) is 2.41. The number of amides is 2. The van der Waals surface area contributed by atoms with E-state index in [2.05, 4.69) is 0 Å². The summed E-state index contributed by atoms with van der Waals surface area (Å²) in [6.07, 6.45) is -1.27. The number of primary amides is 1. The summed E-state index contributed by atoms with van der Waals surface area (Å²) >= 11 is 0. The second-order valence-electron chi connectivity index (χ2n) is 4.74. The molecule has 0 aromatic heterocycles. The number of rotatable bonds is 6. The van der Waals surface area contributed by atoms with Crippen LogP contribution >= 0.6 is 0 Å². The Hall–Kier alpha value is -2.37. The van der Waals surface area contributed by atoms with E-state index in [9.17, 15) is 4.79 Å². The molecule has 116 valence electrons. The first-order valence-corrected chi connectivity index (χ1v) is 6.92. The molecule has 2 amide bonds. The van der Waals surface area contributed by atoms with Gasteiger partial charge in [-0.25, -0.2) is 4.79 Å². The van der Waals surface area contributed by atoms with Crippen molar-refractivity contribution in [1.82, 2.24) is 4.90 Å². The van der Waals surface area contributed by atoms with Crippen LogP contribution in [0.1, 0.15) is 23.6 Å². The third-order valence-electron chi connectivity index (χ3n) is 3.38. The van der Waals surface area contributed by atoms with Crippen LogP contribution in [0.15, 0.2) is 60.7 Å². The van der Waals surface area contributed by atoms with E-state index in [-0.39, 0.29) is 0 Å². The summed E-state index contributed by atoms with van der Waals surface area (Å²) in [6, 6.07) is 18.2. The lowest BCUT2D eigenvalue weighted by molar-refractivity contribution is -0.107. The van der Waals surface area contributed by atoms with E-state index in [1.54, 1.807) is 0 Å². The lowest BCUT2D eigenvalue weighted by Crippen LogP contribution is -2.43. The molecular formula is C17H20N2O3. The number of nitrogens with zero attached hydrogens (tertiary/aromatic N) is 1. The Balaban J connectivity index is 2.41. The van der Waals surface area contributed by atoms with Crippen LogP contribution in [0, 0.1) is 0 Å². The number of carbonyl (C=O) groups is 1. The second kappa shape index (κ2) is 7.59. The number of benzene rings is 2. The van der Waals surface area contributed by atoms with Crippen molar-refractivity contribution in [2.24, 2.45) is 5.73 Å². The summed E-state index contributed by atoms with van der Waals surface area (Å²) in [5, 5.41) is 0. The smallest absolute Gasteiger partial charge is 0.319 e. The molecule has 0 aliphatic heterocycles. The maximum absolute atomic E-state index is 12.0. The van der Waals surface area contributed by atoms with Gasteiger partial charge in [-0.05, 0) is 0 Å².